The van der Waals surface area contributed by atoms with E-state index in [9.17, 15) is 0 Å². The highest BCUT2D eigenvalue weighted by Crippen LogP contribution is 2.56. The lowest BCUT2D eigenvalue weighted by Gasteiger charge is -2.62. The fourth-order valence-corrected chi connectivity index (χ4v) is 8.70. The van der Waals surface area contributed by atoms with E-state index in [4.69, 9.17) is 0 Å². The van der Waals surface area contributed by atoms with Crippen molar-refractivity contribution in [1.82, 2.24) is 9.80 Å². The molecule has 4 saturated heterocycles. The van der Waals surface area contributed by atoms with Gasteiger partial charge in [-0.2, -0.15) is 0 Å². The van der Waals surface area contributed by atoms with Crippen molar-refractivity contribution in [2.75, 3.05) is 0 Å². The Kier molecular flexibility index (Phi) is 5.99. The molecule has 31 heavy (non-hydrogen) atoms. The van der Waals surface area contributed by atoms with Crippen LogP contribution >= 0.6 is 0 Å². The van der Waals surface area contributed by atoms with E-state index in [0.717, 1.165) is 36.0 Å². The lowest BCUT2D eigenvalue weighted by molar-refractivity contribution is -0.125. The number of hydrogen-bond acceptors (Lipinski definition) is 2. The average Bonchev–Trinajstić information content (AvgIpc) is 2.89. The highest BCUT2D eigenvalue weighted by Gasteiger charge is 2.57. The van der Waals surface area contributed by atoms with Gasteiger partial charge in [0.1, 0.15) is 0 Å². The molecule has 4 aliphatic rings. The van der Waals surface area contributed by atoms with Crippen LogP contribution in [0.4, 0.5) is 0 Å². The maximum atomic E-state index is 3.06. The van der Waals surface area contributed by atoms with Gasteiger partial charge in [0.2, 0.25) is 0 Å². The van der Waals surface area contributed by atoms with E-state index in [1.807, 2.05) is 0 Å². The summed E-state index contributed by atoms with van der Waals surface area (Å²) in [6.45, 7) is 25.3. The molecule has 4 heterocycles. The Labute approximate surface area is 194 Å². The second-order valence-corrected chi connectivity index (χ2v) is 15.1. The van der Waals surface area contributed by atoms with Crippen LogP contribution in [0, 0.1) is 22.7 Å². The van der Waals surface area contributed by atoms with Crippen LogP contribution in [0.5, 0.6) is 0 Å². The fraction of sp³-hybridized carbons (Fsp3) is 1.00. The fourth-order valence-electron chi connectivity index (χ4n) is 8.70. The minimum atomic E-state index is 0.268. The standard InChI is InChI=1S/C29H54N2/c1-26(2,3)20-16-24-14-15-25(17-20)31(24)29(9,10)28(7,8)21-18-22-12-11-13-23(19-21)30(22)27(4,5)6/h20-25H,11-19H2,1-10H3. The lowest BCUT2D eigenvalue weighted by Crippen LogP contribution is -2.66. The average molecular weight is 431 g/mol. The van der Waals surface area contributed by atoms with Crippen LogP contribution in [-0.2, 0) is 0 Å². The summed E-state index contributed by atoms with van der Waals surface area (Å²) in [5.41, 5.74) is 1.39. The first-order valence-corrected chi connectivity index (χ1v) is 13.7. The molecule has 0 radical (unpaired) electrons. The van der Waals surface area contributed by atoms with Gasteiger partial charge in [0.25, 0.3) is 0 Å². The first-order valence-electron chi connectivity index (χ1n) is 13.7. The van der Waals surface area contributed by atoms with Gasteiger partial charge in [-0.3, -0.25) is 9.80 Å². The van der Waals surface area contributed by atoms with Gasteiger partial charge >= 0.3 is 0 Å². The highest BCUT2D eigenvalue weighted by molar-refractivity contribution is 5.11. The van der Waals surface area contributed by atoms with E-state index >= 15 is 0 Å². The Hall–Kier alpha value is -0.0800. The number of hydrogen-bond donors (Lipinski definition) is 0. The monoisotopic (exact) mass is 430 g/mol. The molecular weight excluding hydrogens is 376 g/mol. The van der Waals surface area contributed by atoms with Gasteiger partial charge in [0.15, 0.2) is 0 Å². The lowest BCUT2D eigenvalue weighted by atomic mass is 9.58. The summed E-state index contributed by atoms with van der Waals surface area (Å²) < 4.78 is 0. The van der Waals surface area contributed by atoms with E-state index in [0.29, 0.717) is 16.4 Å². The van der Waals surface area contributed by atoms with Crippen LogP contribution in [-0.4, -0.2) is 45.0 Å². The molecule has 0 aromatic carbocycles. The third-order valence-corrected chi connectivity index (χ3v) is 11.0. The van der Waals surface area contributed by atoms with Gasteiger partial charge in [-0.15, -0.1) is 0 Å². The van der Waals surface area contributed by atoms with Gasteiger partial charge in [0, 0.05) is 35.2 Å². The minimum Gasteiger partial charge on any atom is -0.293 e. The molecule has 180 valence electrons. The van der Waals surface area contributed by atoms with Crippen molar-refractivity contribution >= 4 is 0 Å². The molecule has 4 unspecified atom stereocenters. The van der Waals surface area contributed by atoms with Crippen molar-refractivity contribution < 1.29 is 0 Å². The third-order valence-electron chi connectivity index (χ3n) is 11.0. The van der Waals surface area contributed by atoms with Gasteiger partial charge < -0.3 is 0 Å². The Morgan fingerprint density at radius 1 is 0.516 bits per heavy atom. The molecule has 4 aliphatic heterocycles. The number of fused-ring (bicyclic) bond motifs is 4. The smallest absolute Gasteiger partial charge is 0.0212 e. The predicted molar refractivity (Wildman–Crippen MR) is 134 cm³/mol. The number of piperidine rings is 3. The predicted octanol–water partition coefficient (Wildman–Crippen LogP) is 7.51. The van der Waals surface area contributed by atoms with E-state index in [1.54, 1.807) is 0 Å². The summed E-state index contributed by atoms with van der Waals surface area (Å²) in [5, 5.41) is 0. The molecule has 0 spiro atoms. The SMILES string of the molecule is CC(C)(C)C1CC2CCC(C1)N2C(C)(C)C(C)(C)C1CC2CCCC(C1)N2C(C)(C)C. The molecule has 2 heteroatoms. The molecule has 4 bridgehead atoms. The summed E-state index contributed by atoms with van der Waals surface area (Å²) in [6, 6.07) is 3.23. The highest BCUT2D eigenvalue weighted by atomic mass is 15.3. The molecule has 0 aromatic rings. The molecule has 0 aromatic heterocycles. The van der Waals surface area contributed by atoms with E-state index in [-0.39, 0.29) is 5.54 Å². The molecule has 0 aliphatic carbocycles. The van der Waals surface area contributed by atoms with Crippen molar-refractivity contribution in [3.63, 3.8) is 0 Å². The molecule has 0 N–H and O–H groups in total. The van der Waals surface area contributed by atoms with Crippen LogP contribution in [0.15, 0.2) is 0 Å². The summed E-state index contributed by atoms with van der Waals surface area (Å²) >= 11 is 0. The second kappa shape index (κ2) is 7.72. The van der Waals surface area contributed by atoms with Crippen molar-refractivity contribution in [2.24, 2.45) is 22.7 Å². The molecule has 2 nitrogen and oxygen atoms in total. The minimum absolute atomic E-state index is 0.268. The topological polar surface area (TPSA) is 6.48 Å². The van der Waals surface area contributed by atoms with Gasteiger partial charge in [0.05, 0.1) is 0 Å². The van der Waals surface area contributed by atoms with E-state index in [2.05, 4.69) is 79.0 Å². The van der Waals surface area contributed by atoms with Crippen molar-refractivity contribution in [2.45, 2.75) is 162 Å². The maximum Gasteiger partial charge on any atom is 0.0212 e. The molecular formula is C29H54N2. The zero-order chi connectivity index (χ0) is 23.0. The number of rotatable bonds is 3. The Balaban J connectivity index is 1.55. The van der Waals surface area contributed by atoms with Crippen LogP contribution in [0.3, 0.4) is 0 Å². The van der Waals surface area contributed by atoms with E-state index < -0.39 is 0 Å². The van der Waals surface area contributed by atoms with Gasteiger partial charge in [-0.05, 0) is 109 Å². The summed E-state index contributed by atoms with van der Waals surface area (Å²) in [4.78, 5) is 5.98. The van der Waals surface area contributed by atoms with E-state index in [1.165, 1.54) is 57.8 Å². The molecule has 0 saturated carbocycles. The van der Waals surface area contributed by atoms with Crippen LogP contribution in [0.2, 0.25) is 0 Å². The first-order chi connectivity index (χ1) is 14.1. The maximum absolute atomic E-state index is 3.06. The Bertz CT molecular complexity index is 621. The third kappa shape index (κ3) is 4.05. The van der Waals surface area contributed by atoms with Crippen molar-refractivity contribution in [3.8, 4) is 0 Å². The first kappa shape index (κ1) is 24.1. The zero-order valence-electron chi connectivity index (χ0n) is 22.7. The molecule has 0 amide bonds. The largest absolute Gasteiger partial charge is 0.293 e. The van der Waals surface area contributed by atoms with Crippen LogP contribution in [0.25, 0.3) is 0 Å². The number of nitrogens with zero attached hydrogens (tertiary/aromatic N) is 2. The quantitative estimate of drug-likeness (QED) is 0.457. The molecule has 4 atom stereocenters. The summed E-state index contributed by atoms with van der Waals surface area (Å²) in [6.07, 6.45) is 12.8. The summed E-state index contributed by atoms with van der Waals surface area (Å²) in [7, 11) is 0. The second-order valence-electron chi connectivity index (χ2n) is 15.1. The van der Waals surface area contributed by atoms with Crippen LogP contribution in [0.1, 0.15) is 127 Å². The van der Waals surface area contributed by atoms with Gasteiger partial charge in [-0.25, -0.2) is 0 Å². The molecule has 4 fully saturated rings. The van der Waals surface area contributed by atoms with Crippen molar-refractivity contribution in [1.29, 1.82) is 0 Å². The normalized spacial score (nSPS) is 38.5. The van der Waals surface area contributed by atoms with Gasteiger partial charge in [-0.1, -0.05) is 41.0 Å². The zero-order valence-corrected chi connectivity index (χ0v) is 22.7. The summed E-state index contributed by atoms with van der Waals surface area (Å²) in [5.74, 6) is 1.74. The molecule has 4 rings (SSSR count). The van der Waals surface area contributed by atoms with Crippen LogP contribution < -0.4 is 0 Å². The van der Waals surface area contributed by atoms with Crippen molar-refractivity contribution in [3.05, 3.63) is 0 Å². The Morgan fingerprint density at radius 3 is 1.35 bits per heavy atom. The Morgan fingerprint density at radius 2 is 0.935 bits per heavy atom.